The predicted octanol–water partition coefficient (Wildman–Crippen LogP) is 5.75. The van der Waals surface area contributed by atoms with Gasteiger partial charge in [-0.2, -0.15) is 5.26 Å². The van der Waals surface area contributed by atoms with Gasteiger partial charge in [0.2, 0.25) is 0 Å². The van der Waals surface area contributed by atoms with E-state index >= 15 is 0 Å². The fraction of sp³-hybridized carbons (Fsp3) is 0.941. The summed E-state index contributed by atoms with van der Waals surface area (Å²) in [6.45, 7) is 5.00. The minimum atomic E-state index is -0.969. The second kappa shape index (κ2) is 6.93. The van der Waals surface area contributed by atoms with E-state index in [2.05, 4.69) is 19.5 Å². The molecule has 0 N–H and O–H groups in total. The molecular formula is C17H31NSi. The fourth-order valence-electron chi connectivity index (χ4n) is 4.45. The molecule has 1 aliphatic heterocycles. The Morgan fingerprint density at radius 3 is 2.21 bits per heavy atom. The van der Waals surface area contributed by atoms with Gasteiger partial charge in [0.05, 0.1) is 14.1 Å². The zero-order chi connectivity index (χ0) is 13.7. The summed E-state index contributed by atoms with van der Waals surface area (Å²) in [7, 11) is -0.969. The van der Waals surface area contributed by atoms with Gasteiger partial charge in [-0.3, -0.25) is 0 Å². The van der Waals surface area contributed by atoms with Crippen LogP contribution >= 0.6 is 0 Å². The van der Waals surface area contributed by atoms with Crippen molar-refractivity contribution in [2.24, 2.45) is 11.8 Å². The van der Waals surface area contributed by atoms with Crippen molar-refractivity contribution in [1.29, 1.82) is 5.26 Å². The van der Waals surface area contributed by atoms with Crippen molar-refractivity contribution in [2.45, 2.75) is 88.9 Å². The SMILES string of the molecule is CCCCC1CC[Si](C)([C@H]2CC[C@H](C#N)CC2)CC1. The molecule has 2 fully saturated rings. The first-order chi connectivity index (χ1) is 9.18. The fourth-order valence-corrected chi connectivity index (χ4v) is 9.38. The summed E-state index contributed by atoms with van der Waals surface area (Å²) < 4.78 is 0. The van der Waals surface area contributed by atoms with Crippen LogP contribution in [0.5, 0.6) is 0 Å². The third-order valence-electron chi connectivity index (χ3n) is 6.11. The lowest BCUT2D eigenvalue weighted by molar-refractivity contribution is 0.389. The lowest BCUT2D eigenvalue weighted by atomic mass is 9.90. The van der Waals surface area contributed by atoms with Gasteiger partial charge in [0.25, 0.3) is 0 Å². The summed E-state index contributed by atoms with van der Waals surface area (Å²) in [4.78, 5) is 0. The number of nitriles is 1. The third kappa shape index (κ3) is 3.84. The molecule has 0 aromatic rings. The highest BCUT2D eigenvalue weighted by molar-refractivity contribution is 6.80. The molecule has 1 saturated heterocycles. The maximum Gasteiger partial charge on any atom is 0.0655 e. The van der Waals surface area contributed by atoms with Gasteiger partial charge in [0.15, 0.2) is 0 Å². The normalized spacial score (nSPS) is 39.7. The summed E-state index contributed by atoms with van der Waals surface area (Å²) in [5.74, 6) is 1.44. The van der Waals surface area contributed by atoms with Crippen LogP contribution in [0, 0.1) is 23.2 Å². The molecule has 0 aromatic carbocycles. The molecule has 0 aromatic heterocycles. The highest BCUT2D eigenvalue weighted by Gasteiger charge is 2.40. The number of nitrogens with zero attached hydrogens (tertiary/aromatic N) is 1. The van der Waals surface area contributed by atoms with E-state index in [0.29, 0.717) is 5.92 Å². The lowest BCUT2D eigenvalue weighted by Crippen LogP contribution is -2.41. The Hall–Kier alpha value is -0.293. The van der Waals surface area contributed by atoms with Gasteiger partial charge < -0.3 is 0 Å². The van der Waals surface area contributed by atoms with Crippen LogP contribution in [0.1, 0.15) is 64.7 Å². The second-order valence-electron chi connectivity index (χ2n) is 7.42. The van der Waals surface area contributed by atoms with Crippen LogP contribution in [-0.2, 0) is 0 Å². The quantitative estimate of drug-likeness (QED) is 0.600. The zero-order valence-corrected chi connectivity index (χ0v) is 14.0. The molecule has 1 heterocycles. The Labute approximate surface area is 120 Å². The molecule has 0 unspecified atom stereocenters. The van der Waals surface area contributed by atoms with E-state index in [9.17, 15) is 0 Å². The average molecular weight is 278 g/mol. The largest absolute Gasteiger partial charge is 0.198 e. The highest BCUT2D eigenvalue weighted by atomic mass is 28.3. The first-order valence-electron chi connectivity index (χ1n) is 8.57. The van der Waals surface area contributed by atoms with E-state index in [1.54, 1.807) is 12.1 Å². The van der Waals surface area contributed by atoms with E-state index < -0.39 is 8.07 Å². The molecule has 1 nitrogen and oxygen atoms in total. The van der Waals surface area contributed by atoms with Gasteiger partial charge in [-0.05, 0) is 24.3 Å². The van der Waals surface area contributed by atoms with Gasteiger partial charge in [-0.15, -0.1) is 0 Å². The van der Waals surface area contributed by atoms with Gasteiger partial charge >= 0.3 is 0 Å². The topological polar surface area (TPSA) is 23.8 Å². The van der Waals surface area contributed by atoms with Crippen molar-refractivity contribution in [3.63, 3.8) is 0 Å². The average Bonchev–Trinajstić information content (AvgIpc) is 2.47. The molecule has 0 bridgehead atoms. The number of unbranched alkanes of at least 4 members (excludes halogenated alkanes) is 1. The summed E-state index contributed by atoms with van der Waals surface area (Å²) in [5.41, 5.74) is 1.05. The minimum absolute atomic E-state index is 0.384. The molecular weight excluding hydrogens is 246 g/mol. The molecule has 108 valence electrons. The van der Waals surface area contributed by atoms with E-state index in [1.807, 2.05) is 0 Å². The van der Waals surface area contributed by atoms with Crippen LogP contribution < -0.4 is 0 Å². The van der Waals surface area contributed by atoms with Gasteiger partial charge in [0, 0.05) is 5.92 Å². The summed E-state index contributed by atoms with van der Waals surface area (Å²) in [6, 6.07) is 5.66. The van der Waals surface area contributed by atoms with Crippen LogP contribution in [0.2, 0.25) is 24.2 Å². The molecule has 0 amide bonds. The van der Waals surface area contributed by atoms with Gasteiger partial charge in [0.1, 0.15) is 0 Å². The van der Waals surface area contributed by atoms with Crippen LogP contribution in [-0.4, -0.2) is 8.07 Å². The Kier molecular flexibility index (Phi) is 5.51. The Balaban J connectivity index is 1.80. The number of hydrogen-bond acceptors (Lipinski definition) is 1. The van der Waals surface area contributed by atoms with E-state index in [0.717, 1.165) is 11.5 Å². The molecule has 1 saturated carbocycles. The number of rotatable bonds is 4. The van der Waals surface area contributed by atoms with Crippen LogP contribution in [0.4, 0.5) is 0 Å². The second-order valence-corrected chi connectivity index (χ2v) is 12.5. The van der Waals surface area contributed by atoms with Gasteiger partial charge in [-0.1, -0.05) is 70.5 Å². The van der Waals surface area contributed by atoms with Crippen LogP contribution in [0.15, 0.2) is 0 Å². The van der Waals surface area contributed by atoms with Gasteiger partial charge in [-0.25, -0.2) is 0 Å². The van der Waals surface area contributed by atoms with Crippen molar-refractivity contribution in [3.05, 3.63) is 0 Å². The molecule has 0 spiro atoms. The molecule has 2 rings (SSSR count). The molecule has 1 aliphatic carbocycles. The minimum Gasteiger partial charge on any atom is -0.198 e. The lowest BCUT2D eigenvalue weighted by Gasteiger charge is -2.44. The Morgan fingerprint density at radius 1 is 1.05 bits per heavy atom. The van der Waals surface area contributed by atoms with Crippen molar-refractivity contribution in [3.8, 4) is 6.07 Å². The Morgan fingerprint density at radius 2 is 1.68 bits per heavy atom. The Bertz CT molecular complexity index is 304. The summed E-state index contributed by atoms with van der Waals surface area (Å²) in [5, 5.41) is 9.03. The summed E-state index contributed by atoms with van der Waals surface area (Å²) >= 11 is 0. The first-order valence-corrected chi connectivity index (χ1v) is 11.6. The molecule has 0 radical (unpaired) electrons. The van der Waals surface area contributed by atoms with Crippen molar-refractivity contribution in [2.75, 3.05) is 0 Å². The smallest absolute Gasteiger partial charge is 0.0655 e. The van der Waals surface area contributed by atoms with Crippen LogP contribution in [0.3, 0.4) is 0 Å². The molecule has 2 aliphatic rings. The highest BCUT2D eigenvalue weighted by Crippen LogP contribution is 2.47. The van der Waals surface area contributed by atoms with Crippen LogP contribution in [0.25, 0.3) is 0 Å². The number of hydrogen-bond donors (Lipinski definition) is 0. The maximum atomic E-state index is 9.03. The van der Waals surface area contributed by atoms with E-state index in [4.69, 9.17) is 5.26 Å². The standard InChI is InChI=1S/C17H31NSi/c1-3-4-5-15-10-12-19(2,13-11-15)17-8-6-16(14-18)7-9-17/h15-17H,3-13H2,1-2H3/t15?,16-,17-,19?. The van der Waals surface area contributed by atoms with E-state index in [1.165, 1.54) is 57.8 Å². The summed E-state index contributed by atoms with van der Waals surface area (Å²) in [6.07, 6.45) is 12.5. The molecule has 2 heteroatoms. The first kappa shape index (κ1) is 15.1. The van der Waals surface area contributed by atoms with E-state index in [-0.39, 0.29) is 0 Å². The maximum absolute atomic E-state index is 9.03. The predicted molar refractivity (Wildman–Crippen MR) is 84.8 cm³/mol. The zero-order valence-electron chi connectivity index (χ0n) is 13.0. The third-order valence-corrected chi connectivity index (χ3v) is 11.5. The van der Waals surface area contributed by atoms with Crippen molar-refractivity contribution >= 4 is 8.07 Å². The molecule has 19 heavy (non-hydrogen) atoms. The monoisotopic (exact) mass is 277 g/mol. The van der Waals surface area contributed by atoms with Crippen molar-refractivity contribution < 1.29 is 0 Å². The molecule has 0 atom stereocenters. The van der Waals surface area contributed by atoms with Crippen molar-refractivity contribution in [1.82, 2.24) is 0 Å².